The molecular weight excluding hydrogens is 927 g/mol. The van der Waals surface area contributed by atoms with Crippen LogP contribution in [0.4, 0.5) is 11.4 Å². The number of para-hydroxylation sites is 1. The van der Waals surface area contributed by atoms with Gasteiger partial charge in [0.1, 0.15) is 0 Å². The topological polar surface area (TPSA) is 24.7 Å². The van der Waals surface area contributed by atoms with Gasteiger partial charge in [0.25, 0.3) is 0 Å². The normalized spacial score (nSPS) is 12.6. The number of allylic oxidation sites excluding steroid dienone is 10. The van der Waals surface area contributed by atoms with E-state index in [-0.39, 0.29) is 16.5 Å². The molecule has 2 nitrogen and oxygen atoms in total. The van der Waals surface area contributed by atoms with Crippen molar-refractivity contribution in [3.05, 3.63) is 119 Å². The van der Waals surface area contributed by atoms with Gasteiger partial charge in [-0.3, -0.25) is 9.98 Å². The zero-order valence-corrected chi connectivity index (χ0v) is 49.9. The molecule has 0 bridgehead atoms. The van der Waals surface area contributed by atoms with Crippen molar-refractivity contribution in [2.45, 2.75) is 299 Å². The van der Waals surface area contributed by atoms with Crippen LogP contribution in [0, 0.1) is 0 Å². The van der Waals surface area contributed by atoms with Gasteiger partial charge in [-0.25, -0.2) is 0 Å². The van der Waals surface area contributed by atoms with Gasteiger partial charge in [-0.05, 0) is 188 Å². The van der Waals surface area contributed by atoms with Crippen LogP contribution in [0.2, 0.25) is 0 Å². The molecular formula is C70H114N2Ni. The Balaban J connectivity index is 0.0000266. The van der Waals surface area contributed by atoms with Crippen LogP contribution < -0.4 is 0 Å². The summed E-state index contributed by atoms with van der Waals surface area (Å²) < 4.78 is 0. The van der Waals surface area contributed by atoms with Crippen molar-refractivity contribution in [3.63, 3.8) is 0 Å². The number of rotatable bonds is 47. The number of hydrogen-bond acceptors (Lipinski definition) is 2. The molecule has 0 aromatic heterocycles. The monoisotopic (exact) mass is 1040 g/mol. The Kier molecular flexibility index (Phi) is 46.4. The van der Waals surface area contributed by atoms with Gasteiger partial charge in [0.05, 0.1) is 22.8 Å². The van der Waals surface area contributed by atoms with Crippen molar-refractivity contribution >= 4 is 22.8 Å². The van der Waals surface area contributed by atoms with Gasteiger partial charge in [0, 0.05) is 16.5 Å². The van der Waals surface area contributed by atoms with E-state index < -0.39 is 0 Å². The van der Waals surface area contributed by atoms with Gasteiger partial charge in [-0.2, -0.15) is 0 Å². The summed E-state index contributed by atoms with van der Waals surface area (Å²) in [6, 6.07) is 10.7. The average Bonchev–Trinajstić information content (AvgIpc) is 3.40. The first-order valence-corrected chi connectivity index (χ1v) is 31.2. The molecule has 0 fully saturated rings. The number of nitrogens with zero attached hydrogens (tertiary/aromatic N) is 2. The standard InChI is InChI=1S/C70H114N2.Ni/c1-8-15-21-26-31-36-41-49-56-63-64(57-50-42-37-32-27-22-16-9-2)66(59-52-44-39-34-29-24-18-11-4)70(72-69(61-20-13-6)68(14-7)71-62-54-47-46-48-55-62)67(60-53-45-40-35-30-25-19-12-5)65(63)58-51-43-38-33-28-23-17-10-3;/h36-48,54-55H,8-35,49-53,56-61H2,1-7H3;/b41-36+,42-37+,43-38+,44-39+,45-40+,71-68?,72-69?;. The van der Waals surface area contributed by atoms with E-state index in [0.717, 1.165) is 101 Å². The van der Waals surface area contributed by atoms with E-state index in [2.05, 4.69) is 140 Å². The third kappa shape index (κ3) is 32.9. The average molecular weight is 1040 g/mol. The predicted octanol–water partition coefficient (Wildman–Crippen LogP) is 23.4. The second-order valence-corrected chi connectivity index (χ2v) is 20.9. The Morgan fingerprint density at radius 3 is 0.932 bits per heavy atom. The van der Waals surface area contributed by atoms with Crippen LogP contribution in [0.15, 0.2) is 101 Å². The molecule has 73 heavy (non-hydrogen) atoms. The maximum absolute atomic E-state index is 6.13. The van der Waals surface area contributed by atoms with Crippen molar-refractivity contribution in [1.82, 2.24) is 0 Å². The molecule has 0 saturated carbocycles. The molecule has 2 rings (SSSR count). The van der Waals surface area contributed by atoms with Gasteiger partial charge < -0.3 is 0 Å². The third-order valence-electron chi connectivity index (χ3n) is 14.5. The molecule has 0 aliphatic carbocycles. The number of hydrogen-bond donors (Lipinski definition) is 0. The zero-order valence-electron chi connectivity index (χ0n) is 48.9. The van der Waals surface area contributed by atoms with E-state index in [1.807, 2.05) is 0 Å². The van der Waals surface area contributed by atoms with E-state index in [4.69, 9.17) is 9.98 Å². The van der Waals surface area contributed by atoms with Crippen molar-refractivity contribution in [2.75, 3.05) is 0 Å². The number of unbranched alkanes of at least 4 members (excludes halogenated alkanes) is 21. The fourth-order valence-corrected chi connectivity index (χ4v) is 10.1. The molecule has 0 N–H and O–H groups in total. The van der Waals surface area contributed by atoms with E-state index in [1.165, 1.54) is 172 Å². The van der Waals surface area contributed by atoms with Gasteiger partial charge in [0.15, 0.2) is 0 Å². The molecule has 0 atom stereocenters. The van der Waals surface area contributed by atoms with Crippen molar-refractivity contribution in [1.29, 1.82) is 0 Å². The molecule has 3 heteroatoms. The number of aliphatic imine (C=N–C) groups is 2. The second kappa shape index (κ2) is 49.8. The first-order valence-electron chi connectivity index (χ1n) is 31.2. The van der Waals surface area contributed by atoms with Crippen LogP contribution in [-0.2, 0) is 48.6 Å². The summed E-state index contributed by atoms with van der Waals surface area (Å²) in [7, 11) is 0. The van der Waals surface area contributed by atoms with Gasteiger partial charge in [-0.15, -0.1) is 0 Å². The fraction of sp³-hybridized carbons (Fsp3) is 0.657. The fourth-order valence-electron chi connectivity index (χ4n) is 10.1. The van der Waals surface area contributed by atoms with E-state index in [0.29, 0.717) is 0 Å². The van der Waals surface area contributed by atoms with Crippen LogP contribution in [0.1, 0.15) is 295 Å². The Bertz CT molecular complexity index is 1730. The third-order valence-corrected chi connectivity index (χ3v) is 14.5. The molecule has 2 aromatic carbocycles. The Morgan fingerprint density at radius 2 is 0.616 bits per heavy atom. The molecule has 0 amide bonds. The second-order valence-electron chi connectivity index (χ2n) is 20.9. The summed E-state index contributed by atoms with van der Waals surface area (Å²) >= 11 is 0. The maximum atomic E-state index is 6.13. The Labute approximate surface area is 464 Å². The first kappa shape index (κ1) is 68.0. The van der Waals surface area contributed by atoms with E-state index in [9.17, 15) is 0 Å². The molecule has 0 unspecified atom stereocenters. The van der Waals surface area contributed by atoms with E-state index >= 15 is 0 Å². The minimum Gasteiger partial charge on any atom is -0.252 e. The summed E-state index contributed by atoms with van der Waals surface area (Å²) in [5.74, 6) is 0. The summed E-state index contributed by atoms with van der Waals surface area (Å²) in [5, 5.41) is 0. The van der Waals surface area contributed by atoms with Crippen LogP contribution in [0.25, 0.3) is 0 Å². The summed E-state index contributed by atoms with van der Waals surface area (Å²) in [6.07, 6.45) is 72.4. The first-order chi connectivity index (χ1) is 35.6. The Hall–Kier alpha value is -3.03. The molecule has 0 aliphatic rings. The van der Waals surface area contributed by atoms with Gasteiger partial charge in [-0.1, -0.05) is 230 Å². The van der Waals surface area contributed by atoms with Crippen LogP contribution in [-0.4, -0.2) is 11.4 Å². The molecule has 2 aromatic rings. The maximum Gasteiger partial charge on any atom is 0.0703 e. The van der Waals surface area contributed by atoms with Gasteiger partial charge in [0.2, 0.25) is 0 Å². The molecule has 0 saturated heterocycles. The quantitative estimate of drug-likeness (QED) is 0.0273. The zero-order chi connectivity index (χ0) is 51.8. The van der Waals surface area contributed by atoms with E-state index in [1.54, 1.807) is 27.8 Å². The van der Waals surface area contributed by atoms with Crippen molar-refractivity contribution in [3.8, 4) is 0 Å². The van der Waals surface area contributed by atoms with Crippen LogP contribution in [0.5, 0.6) is 0 Å². The molecule has 0 radical (unpaired) electrons. The Morgan fingerprint density at radius 1 is 0.315 bits per heavy atom. The summed E-state index contributed by atoms with van der Waals surface area (Å²) in [6.45, 7) is 16.2. The van der Waals surface area contributed by atoms with Crippen LogP contribution >= 0.6 is 0 Å². The number of benzene rings is 2. The largest absolute Gasteiger partial charge is 0.252 e. The summed E-state index contributed by atoms with van der Waals surface area (Å²) in [4.78, 5) is 11.5. The SMILES string of the molecule is CCCCCC/C=C/CCc1c(CC/C=C/CCCCCC)c(CC/C=C/CCCCCC)c(N=C(CCCC)C(CC)=Nc2ccccc2)c(CC/C=C/CCCCCC)c1CC/C=C/CCCCCC.[Ni]. The molecule has 414 valence electrons. The molecule has 0 spiro atoms. The smallest absolute Gasteiger partial charge is 0.0703 e. The molecule has 0 heterocycles. The molecule has 0 aliphatic heterocycles. The van der Waals surface area contributed by atoms with Crippen molar-refractivity contribution in [2.24, 2.45) is 9.98 Å². The van der Waals surface area contributed by atoms with Crippen molar-refractivity contribution < 1.29 is 16.5 Å². The predicted molar refractivity (Wildman–Crippen MR) is 328 cm³/mol. The minimum absolute atomic E-state index is 0. The summed E-state index contributed by atoms with van der Waals surface area (Å²) in [5.41, 5.74) is 12.7. The van der Waals surface area contributed by atoms with Gasteiger partial charge >= 0.3 is 0 Å². The minimum atomic E-state index is 0. The van der Waals surface area contributed by atoms with Crippen LogP contribution in [0.3, 0.4) is 0 Å².